The van der Waals surface area contributed by atoms with Crippen LogP contribution in [0.1, 0.15) is 17.0 Å². The van der Waals surface area contributed by atoms with Crippen LogP contribution in [-0.4, -0.2) is 4.98 Å². The maximum absolute atomic E-state index is 12.2. The fourth-order valence-electron chi connectivity index (χ4n) is 1.00. The van der Waals surface area contributed by atoms with Crippen LogP contribution < -0.4 is 5.73 Å². The highest BCUT2D eigenvalue weighted by atomic mass is 19.4. The van der Waals surface area contributed by atoms with Crippen molar-refractivity contribution in [2.75, 3.05) is 0 Å². The first-order chi connectivity index (χ1) is 5.93. The van der Waals surface area contributed by atoms with Crippen LogP contribution in [0.15, 0.2) is 12.1 Å². The van der Waals surface area contributed by atoms with E-state index in [0.29, 0.717) is 11.3 Å². The Hall–Kier alpha value is -1.10. The Morgan fingerprint density at radius 3 is 2.46 bits per heavy atom. The standard InChI is InChI=1S/C8H9F3N2/c1-5-2-6(4-12)3-7(13-5)8(9,10)11/h2-3H,4,12H2,1H3. The summed E-state index contributed by atoms with van der Waals surface area (Å²) in [6.07, 6.45) is -4.39. The second-order valence-corrected chi connectivity index (χ2v) is 2.70. The lowest BCUT2D eigenvalue weighted by Crippen LogP contribution is -2.10. The molecule has 13 heavy (non-hydrogen) atoms. The maximum atomic E-state index is 12.2. The van der Waals surface area contributed by atoms with Crippen molar-refractivity contribution in [3.63, 3.8) is 0 Å². The lowest BCUT2D eigenvalue weighted by atomic mass is 10.2. The summed E-state index contributed by atoms with van der Waals surface area (Å²) in [6.45, 7) is 1.60. The van der Waals surface area contributed by atoms with E-state index in [0.717, 1.165) is 6.07 Å². The second-order valence-electron chi connectivity index (χ2n) is 2.70. The van der Waals surface area contributed by atoms with Crippen LogP contribution in [0.4, 0.5) is 13.2 Å². The molecular weight excluding hydrogens is 181 g/mol. The monoisotopic (exact) mass is 190 g/mol. The van der Waals surface area contributed by atoms with Crippen molar-refractivity contribution in [2.24, 2.45) is 5.73 Å². The van der Waals surface area contributed by atoms with Crippen molar-refractivity contribution in [1.29, 1.82) is 0 Å². The van der Waals surface area contributed by atoms with Crippen LogP contribution in [-0.2, 0) is 12.7 Å². The smallest absolute Gasteiger partial charge is 0.326 e. The highest BCUT2D eigenvalue weighted by Gasteiger charge is 2.32. The van der Waals surface area contributed by atoms with E-state index in [2.05, 4.69) is 4.98 Å². The summed E-state index contributed by atoms with van der Waals surface area (Å²) in [5.74, 6) is 0. The highest BCUT2D eigenvalue weighted by molar-refractivity contribution is 5.22. The molecule has 2 N–H and O–H groups in total. The second kappa shape index (κ2) is 3.33. The molecule has 0 fully saturated rings. The summed E-state index contributed by atoms with van der Waals surface area (Å²) < 4.78 is 36.5. The predicted octanol–water partition coefficient (Wildman–Crippen LogP) is 1.87. The lowest BCUT2D eigenvalue weighted by Gasteiger charge is -2.08. The van der Waals surface area contributed by atoms with Crippen LogP contribution >= 0.6 is 0 Å². The van der Waals surface area contributed by atoms with Gasteiger partial charge in [-0.05, 0) is 24.6 Å². The number of alkyl halides is 3. The molecular formula is C8H9F3N2. The molecule has 0 aliphatic heterocycles. The van der Waals surface area contributed by atoms with E-state index < -0.39 is 11.9 Å². The third-order valence-corrected chi connectivity index (χ3v) is 1.54. The third-order valence-electron chi connectivity index (χ3n) is 1.54. The first kappa shape index (κ1) is 9.98. The fourth-order valence-corrected chi connectivity index (χ4v) is 1.00. The summed E-state index contributed by atoms with van der Waals surface area (Å²) in [5.41, 5.74) is 5.13. The topological polar surface area (TPSA) is 38.9 Å². The van der Waals surface area contributed by atoms with E-state index in [1.165, 1.54) is 13.0 Å². The molecule has 0 spiro atoms. The number of nitrogens with two attached hydrogens (primary N) is 1. The van der Waals surface area contributed by atoms with Crippen LogP contribution in [0, 0.1) is 6.92 Å². The van der Waals surface area contributed by atoms with Crippen molar-refractivity contribution in [3.8, 4) is 0 Å². The van der Waals surface area contributed by atoms with Gasteiger partial charge in [0.15, 0.2) is 0 Å². The minimum absolute atomic E-state index is 0.0897. The van der Waals surface area contributed by atoms with Crippen LogP contribution in [0.3, 0.4) is 0 Å². The third kappa shape index (κ3) is 2.42. The zero-order valence-electron chi connectivity index (χ0n) is 7.02. The Morgan fingerprint density at radius 1 is 1.38 bits per heavy atom. The van der Waals surface area contributed by atoms with Gasteiger partial charge in [-0.15, -0.1) is 0 Å². The Morgan fingerprint density at radius 2 is 2.00 bits per heavy atom. The minimum atomic E-state index is -4.39. The molecule has 0 atom stereocenters. The van der Waals surface area contributed by atoms with Gasteiger partial charge >= 0.3 is 6.18 Å². The van der Waals surface area contributed by atoms with Gasteiger partial charge in [0.1, 0.15) is 5.69 Å². The molecule has 0 saturated carbocycles. The quantitative estimate of drug-likeness (QED) is 0.734. The summed E-state index contributed by atoms with van der Waals surface area (Å²) >= 11 is 0. The van der Waals surface area contributed by atoms with Gasteiger partial charge in [0.05, 0.1) is 0 Å². The van der Waals surface area contributed by atoms with Gasteiger partial charge in [-0.2, -0.15) is 13.2 Å². The van der Waals surface area contributed by atoms with Crippen molar-refractivity contribution in [1.82, 2.24) is 4.98 Å². The summed E-state index contributed by atoms with van der Waals surface area (Å²) in [4.78, 5) is 3.37. The molecule has 0 aromatic carbocycles. The first-order valence-corrected chi connectivity index (χ1v) is 3.68. The molecule has 1 heterocycles. The molecule has 72 valence electrons. The number of hydrogen-bond donors (Lipinski definition) is 1. The minimum Gasteiger partial charge on any atom is -0.326 e. The number of rotatable bonds is 1. The van der Waals surface area contributed by atoms with Crippen molar-refractivity contribution in [3.05, 3.63) is 29.1 Å². The van der Waals surface area contributed by atoms with Gasteiger partial charge in [-0.25, -0.2) is 4.98 Å². The molecule has 2 nitrogen and oxygen atoms in total. The first-order valence-electron chi connectivity index (χ1n) is 3.68. The molecule has 5 heteroatoms. The molecule has 0 aliphatic carbocycles. The molecule has 0 aliphatic rings. The van der Waals surface area contributed by atoms with E-state index in [1.54, 1.807) is 0 Å². The number of aromatic nitrogens is 1. The van der Waals surface area contributed by atoms with E-state index in [4.69, 9.17) is 5.73 Å². The van der Waals surface area contributed by atoms with E-state index >= 15 is 0 Å². The number of hydrogen-bond acceptors (Lipinski definition) is 2. The summed E-state index contributed by atoms with van der Waals surface area (Å²) in [6, 6.07) is 2.50. The highest BCUT2D eigenvalue weighted by Crippen LogP contribution is 2.28. The van der Waals surface area contributed by atoms with E-state index in [9.17, 15) is 13.2 Å². The average molecular weight is 190 g/mol. The summed E-state index contributed by atoms with van der Waals surface area (Å²) in [7, 11) is 0. The lowest BCUT2D eigenvalue weighted by molar-refractivity contribution is -0.141. The number of halogens is 3. The van der Waals surface area contributed by atoms with Crippen molar-refractivity contribution in [2.45, 2.75) is 19.6 Å². The fraction of sp³-hybridized carbons (Fsp3) is 0.375. The van der Waals surface area contributed by atoms with E-state index in [-0.39, 0.29) is 6.54 Å². The molecule has 1 aromatic heterocycles. The maximum Gasteiger partial charge on any atom is 0.433 e. The van der Waals surface area contributed by atoms with Crippen LogP contribution in [0.5, 0.6) is 0 Å². The SMILES string of the molecule is Cc1cc(CN)cc(C(F)(F)F)n1. The Kier molecular flexibility index (Phi) is 2.56. The van der Waals surface area contributed by atoms with Gasteiger partial charge in [0, 0.05) is 12.2 Å². The molecule has 0 bridgehead atoms. The molecule has 0 radical (unpaired) electrons. The molecule has 0 unspecified atom stereocenters. The molecule has 0 saturated heterocycles. The normalized spacial score (nSPS) is 11.8. The zero-order chi connectivity index (χ0) is 10.1. The van der Waals surface area contributed by atoms with Crippen molar-refractivity contribution < 1.29 is 13.2 Å². The van der Waals surface area contributed by atoms with Gasteiger partial charge in [-0.1, -0.05) is 0 Å². The Bertz CT molecular complexity index is 307. The average Bonchev–Trinajstić information content (AvgIpc) is 2.01. The summed E-state index contributed by atoms with van der Waals surface area (Å²) in [5, 5.41) is 0. The zero-order valence-corrected chi connectivity index (χ0v) is 7.02. The van der Waals surface area contributed by atoms with Gasteiger partial charge in [-0.3, -0.25) is 0 Å². The molecule has 0 amide bonds. The molecule has 1 aromatic rings. The van der Waals surface area contributed by atoms with Gasteiger partial charge < -0.3 is 5.73 Å². The largest absolute Gasteiger partial charge is 0.433 e. The van der Waals surface area contributed by atoms with E-state index in [1.807, 2.05) is 0 Å². The Labute approximate surface area is 73.6 Å². The number of pyridine rings is 1. The molecule has 1 rings (SSSR count). The van der Waals surface area contributed by atoms with Gasteiger partial charge in [0.25, 0.3) is 0 Å². The number of aryl methyl sites for hydroxylation is 1. The van der Waals surface area contributed by atoms with Crippen LogP contribution in [0.2, 0.25) is 0 Å². The number of nitrogens with zero attached hydrogens (tertiary/aromatic N) is 1. The van der Waals surface area contributed by atoms with Crippen molar-refractivity contribution >= 4 is 0 Å². The van der Waals surface area contributed by atoms with Crippen LogP contribution in [0.25, 0.3) is 0 Å². The van der Waals surface area contributed by atoms with Gasteiger partial charge in [0.2, 0.25) is 0 Å². The predicted molar refractivity (Wildman–Crippen MR) is 41.9 cm³/mol. The Balaban J connectivity index is 3.16.